The van der Waals surface area contributed by atoms with E-state index in [1.54, 1.807) is 30.3 Å². The van der Waals surface area contributed by atoms with E-state index < -0.39 is 10.0 Å². The maximum atomic E-state index is 12.3. The lowest BCUT2D eigenvalue weighted by Gasteiger charge is -2.23. The third-order valence-corrected chi connectivity index (χ3v) is 5.33. The van der Waals surface area contributed by atoms with Crippen molar-refractivity contribution < 1.29 is 8.42 Å². The van der Waals surface area contributed by atoms with Gasteiger partial charge in [-0.25, -0.2) is 8.42 Å². The summed E-state index contributed by atoms with van der Waals surface area (Å²) in [5, 5.41) is 11.3. The molecule has 7 heteroatoms. The minimum Gasteiger partial charge on any atom is -0.338 e. The maximum Gasteiger partial charge on any atom is 0.263 e. The van der Waals surface area contributed by atoms with Crippen molar-refractivity contribution in [3.63, 3.8) is 0 Å². The highest BCUT2D eigenvalue weighted by Gasteiger charge is 2.18. The van der Waals surface area contributed by atoms with E-state index in [9.17, 15) is 8.42 Å². The third kappa shape index (κ3) is 4.62. The summed E-state index contributed by atoms with van der Waals surface area (Å²) in [5.74, 6) is 0.697. The average Bonchev–Trinajstić information content (AvgIpc) is 2.63. The molecule has 0 aliphatic carbocycles. The molecule has 3 aromatic rings. The van der Waals surface area contributed by atoms with Crippen LogP contribution in [-0.2, 0) is 15.4 Å². The molecule has 0 spiro atoms. The Labute approximate surface area is 159 Å². The van der Waals surface area contributed by atoms with Crippen LogP contribution in [0.4, 0.5) is 17.3 Å². The van der Waals surface area contributed by atoms with E-state index in [4.69, 9.17) is 0 Å². The van der Waals surface area contributed by atoms with E-state index in [1.807, 2.05) is 18.2 Å². The number of hydrogen-bond acceptors (Lipinski definition) is 5. The van der Waals surface area contributed by atoms with Crippen molar-refractivity contribution in [3.05, 3.63) is 72.3 Å². The lowest BCUT2D eigenvalue weighted by molar-refractivity contribution is 0.592. The largest absolute Gasteiger partial charge is 0.338 e. The Hall–Kier alpha value is -2.93. The lowest BCUT2D eigenvalue weighted by Crippen LogP contribution is -2.15. The van der Waals surface area contributed by atoms with E-state index in [0.29, 0.717) is 5.82 Å². The Morgan fingerprint density at radius 2 is 1.37 bits per heavy atom. The number of nitrogens with one attached hydrogen (secondary N) is 2. The Bertz CT molecular complexity index is 1010. The predicted molar refractivity (Wildman–Crippen MR) is 108 cm³/mol. The first-order valence-corrected chi connectivity index (χ1v) is 10.0. The summed E-state index contributed by atoms with van der Waals surface area (Å²) in [7, 11) is -3.68. The zero-order valence-corrected chi connectivity index (χ0v) is 16.3. The summed E-state index contributed by atoms with van der Waals surface area (Å²) < 4.78 is 27.1. The Kier molecular flexibility index (Phi) is 5.14. The van der Waals surface area contributed by atoms with Crippen LogP contribution >= 0.6 is 0 Å². The van der Waals surface area contributed by atoms with Gasteiger partial charge in [-0.05, 0) is 41.3 Å². The second kappa shape index (κ2) is 7.36. The van der Waals surface area contributed by atoms with Crippen LogP contribution < -0.4 is 10.0 Å². The van der Waals surface area contributed by atoms with Crippen molar-refractivity contribution in [2.75, 3.05) is 10.0 Å². The van der Waals surface area contributed by atoms with Gasteiger partial charge < -0.3 is 5.32 Å². The fourth-order valence-corrected chi connectivity index (χ4v) is 3.65. The van der Waals surface area contributed by atoms with Gasteiger partial charge in [-0.15, -0.1) is 10.2 Å². The molecule has 140 valence electrons. The molecule has 0 amide bonds. The van der Waals surface area contributed by atoms with Crippen molar-refractivity contribution in [1.29, 1.82) is 0 Å². The third-order valence-electron chi connectivity index (χ3n) is 3.95. The van der Waals surface area contributed by atoms with Gasteiger partial charge in [0.05, 0.1) is 4.90 Å². The normalized spacial score (nSPS) is 11.8. The molecule has 1 heterocycles. The van der Waals surface area contributed by atoms with Gasteiger partial charge >= 0.3 is 0 Å². The molecule has 27 heavy (non-hydrogen) atoms. The van der Waals surface area contributed by atoms with Crippen LogP contribution in [0.3, 0.4) is 0 Å². The highest BCUT2D eigenvalue weighted by molar-refractivity contribution is 7.92. The molecule has 6 nitrogen and oxygen atoms in total. The predicted octanol–water partition coefficient (Wildman–Crippen LogP) is 4.32. The van der Waals surface area contributed by atoms with Gasteiger partial charge in [-0.2, -0.15) is 0 Å². The number of benzene rings is 2. The molecule has 0 bridgehead atoms. The van der Waals surface area contributed by atoms with E-state index in [1.165, 1.54) is 12.1 Å². The molecule has 0 atom stereocenters. The van der Waals surface area contributed by atoms with E-state index >= 15 is 0 Å². The van der Waals surface area contributed by atoms with Crippen molar-refractivity contribution >= 4 is 27.3 Å². The summed E-state index contributed by atoms with van der Waals surface area (Å²) in [6.45, 7) is 6.42. The average molecular weight is 382 g/mol. The monoisotopic (exact) mass is 382 g/mol. The van der Waals surface area contributed by atoms with Crippen molar-refractivity contribution in [3.8, 4) is 0 Å². The summed E-state index contributed by atoms with van der Waals surface area (Å²) in [4.78, 5) is 0.174. The van der Waals surface area contributed by atoms with E-state index in [2.05, 4.69) is 47.1 Å². The highest BCUT2D eigenvalue weighted by Crippen LogP contribution is 2.30. The first-order valence-electron chi connectivity index (χ1n) is 8.54. The SMILES string of the molecule is CC(C)(C)c1ccccc1Nc1ccc(NS(=O)(=O)c2ccccc2)nn1. The number of para-hydroxylation sites is 1. The fraction of sp³-hybridized carbons (Fsp3) is 0.200. The number of anilines is 3. The molecule has 3 rings (SSSR count). The van der Waals surface area contributed by atoms with Gasteiger partial charge in [0.25, 0.3) is 10.0 Å². The lowest BCUT2D eigenvalue weighted by atomic mass is 9.86. The Morgan fingerprint density at radius 3 is 2.00 bits per heavy atom. The number of rotatable bonds is 5. The molecule has 0 fully saturated rings. The topological polar surface area (TPSA) is 84.0 Å². The van der Waals surface area contributed by atoms with Crippen LogP contribution in [0.15, 0.2) is 71.6 Å². The van der Waals surface area contributed by atoms with Crippen LogP contribution in [0, 0.1) is 0 Å². The standard InChI is InChI=1S/C20H22N4O2S/c1-20(2,3)16-11-7-8-12-17(16)21-18-13-14-19(23-22-18)24-27(25,26)15-9-5-4-6-10-15/h4-14H,1-3H3,(H,21,22)(H,23,24). The van der Waals surface area contributed by atoms with Crippen LogP contribution in [-0.4, -0.2) is 18.6 Å². The molecular formula is C20H22N4O2S. The van der Waals surface area contributed by atoms with Crippen LogP contribution in [0.25, 0.3) is 0 Å². The smallest absolute Gasteiger partial charge is 0.263 e. The van der Waals surface area contributed by atoms with Crippen molar-refractivity contribution in [1.82, 2.24) is 10.2 Å². The summed E-state index contributed by atoms with van der Waals surface area (Å²) in [6.07, 6.45) is 0. The fourth-order valence-electron chi connectivity index (χ4n) is 2.63. The number of hydrogen-bond donors (Lipinski definition) is 2. The zero-order chi connectivity index (χ0) is 19.5. The number of nitrogens with zero attached hydrogens (tertiary/aromatic N) is 2. The maximum absolute atomic E-state index is 12.3. The van der Waals surface area contributed by atoms with Gasteiger partial charge in [0, 0.05) is 5.69 Å². The van der Waals surface area contributed by atoms with Gasteiger partial charge in [0.2, 0.25) is 0 Å². The molecule has 0 aliphatic heterocycles. The second-order valence-electron chi connectivity index (χ2n) is 7.14. The van der Waals surface area contributed by atoms with Crippen molar-refractivity contribution in [2.24, 2.45) is 0 Å². The van der Waals surface area contributed by atoms with Gasteiger partial charge in [-0.3, -0.25) is 4.72 Å². The second-order valence-corrected chi connectivity index (χ2v) is 8.83. The van der Waals surface area contributed by atoms with Crippen LogP contribution in [0.1, 0.15) is 26.3 Å². The minimum absolute atomic E-state index is 0.0255. The molecular weight excluding hydrogens is 360 g/mol. The van der Waals surface area contributed by atoms with Crippen LogP contribution in [0.2, 0.25) is 0 Å². The first kappa shape index (κ1) is 18.8. The van der Waals surface area contributed by atoms with Gasteiger partial charge in [0.15, 0.2) is 11.6 Å². The Balaban J connectivity index is 1.77. The molecule has 1 aromatic heterocycles. The first-order chi connectivity index (χ1) is 12.8. The quantitative estimate of drug-likeness (QED) is 0.687. The molecule has 0 aliphatic rings. The molecule has 0 unspecified atom stereocenters. The number of aromatic nitrogens is 2. The minimum atomic E-state index is -3.68. The van der Waals surface area contributed by atoms with Crippen LogP contribution in [0.5, 0.6) is 0 Å². The molecule has 2 N–H and O–H groups in total. The molecule has 0 radical (unpaired) electrons. The van der Waals surface area contributed by atoms with Gasteiger partial charge in [0.1, 0.15) is 0 Å². The Morgan fingerprint density at radius 1 is 0.778 bits per heavy atom. The zero-order valence-electron chi connectivity index (χ0n) is 15.5. The van der Waals surface area contributed by atoms with E-state index in [0.717, 1.165) is 11.3 Å². The van der Waals surface area contributed by atoms with Crippen molar-refractivity contribution in [2.45, 2.75) is 31.1 Å². The number of sulfonamides is 1. The summed E-state index contributed by atoms with van der Waals surface area (Å²) in [5.41, 5.74) is 2.07. The van der Waals surface area contributed by atoms with E-state index in [-0.39, 0.29) is 16.1 Å². The molecule has 0 saturated heterocycles. The molecule has 2 aromatic carbocycles. The molecule has 0 saturated carbocycles. The van der Waals surface area contributed by atoms with Gasteiger partial charge in [-0.1, -0.05) is 57.2 Å². The summed E-state index contributed by atoms with van der Waals surface area (Å²) >= 11 is 0. The summed E-state index contributed by atoms with van der Waals surface area (Å²) in [6, 6.07) is 19.4. The highest BCUT2D eigenvalue weighted by atomic mass is 32.2.